The number of esters is 1. The average Bonchev–Trinajstić information content (AvgIpc) is 2.71. The van der Waals surface area contributed by atoms with Crippen molar-refractivity contribution in [1.82, 2.24) is 4.98 Å². The Morgan fingerprint density at radius 3 is 2.80 bits per heavy atom. The van der Waals surface area contributed by atoms with Gasteiger partial charge in [-0.3, -0.25) is 0 Å². The van der Waals surface area contributed by atoms with Gasteiger partial charge < -0.3 is 14.9 Å². The number of hydrogen-bond donors (Lipinski definition) is 1. The van der Waals surface area contributed by atoms with Crippen molar-refractivity contribution in [2.45, 2.75) is 30.9 Å². The summed E-state index contributed by atoms with van der Waals surface area (Å²) in [5.41, 5.74) is 7.69. The number of nitrogen functional groups attached to an aromatic ring is 1. The summed E-state index contributed by atoms with van der Waals surface area (Å²) in [5.74, 6) is 0.349. The largest absolute Gasteiger partial charge is 0.462 e. The molecule has 2 aromatic rings. The molecule has 0 fully saturated rings. The zero-order valence-electron chi connectivity index (χ0n) is 11.6. The monoisotopic (exact) mass is 292 g/mol. The molecule has 2 rings (SSSR count). The Kier molecular flexibility index (Phi) is 4.34. The van der Waals surface area contributed by atoms with Crippen molar-refractivity contribution >= 4 is 23.4 Å². The maximum Gasteiger partial charge on any atom is 0.339 e. The number of carbonyl (C=O) groups excluding carboxylic acids is 1. The molecule has 0 spiro atoms. The van der Waals surface area contributed by atoms with Crippen LogP contribution in [0.1, 0.15) is 28.7 Å². The van der Waals surface area contributed by atoms with E-state index in [0.29, 0.717) is 28.0 Å². The summed E-state index contributed by atoms with van der Waals surface area (Å²) < 4.78 is 10.5. The molecule has 0 aliphatic rings. The summed E-state index contributed by atoms with van der Waals surface area (Å²) in [6, 6.07) is 5.13. The first-order chi connectivity index (χ1) is 9.52. The van der Waals surface area contributed by atoms with E-state index in [1.807, 2.05) is 13.8 Å². The molecule has 106 valence electrons. The quantitative estimate of drug-likeness (QED) is 0.688. The molecule has 0 bridgehead atoms. The lowest BCUT2D eigenvalue weighted by molar-refractivity contribution is 0.0522. The second-order valence-electron chi connectivity index (χ2n) is 4.17. The number of aromatic nitrogens is 1. The van der Waals surface area contributed by atoms with Gasteiger partial charge in [0.25, 0.3) is 5.22 Å². The third-order valence-electron chi connectivity index (χ3n) is 2.74. The SMILES string of the molecule is CCOC(=O)c1cccc(N)c1Sc1nc(C)c(C)o1. The molecule has 1 aromatic heterocycles. The summed E-state index contributed by atoms with van der Waals surface area (Å²) in [6.45, 7) is 5.78. The molecule has 0 saturated heterocycles. The number of nitrogens with zero attached hydrogens (tertiary/aromatic N) is 1. The van der Waals surface area contributed by atoms with Crippen LogP contribution in [0.5, 0.6) is 0 Å². The van der Waals surface area contributed by atoms with E-state index in [4.69, 9.17) is 14.9 Å². The minimum Gasteiger partial charge on any atom is -0.462 e. The number of oxazole rings is 1. The minimum atomic E-state index is -0.401. The first-order valence-electron chi connectivity index (χ1n) is 6.20. The topological polar surface area (TPSA) is 78.4 Å². The fourth-order valence-corrected chi connectivity index (χ4v) is 2.58. The van der Waals surface area contributed by atoms with Crippen molar-refractivity contribution < 1.29 is 13.9 Å². The average molecular weight is 292 g/mol. The second-order valence-corrected chi connectivity index (χ2v) is 5.13. The van der Waals surface area contributed by atoms with Crippen LogP contribution in [0.2, 0.25) is 0 Å². The number of aryl methyl sites for hydroxylation is 2. The van der Waals surface area contributed by atoms with Gasteiger partial charge in [0.2, 0.25) is 0 Å². The lowest BCUT2D eigenvalue weighted by Gasteiger charge is -2.09. The number of rotatable bonds is 4. The van der Waals surface area contributed by atoms with Crippen LogP contribution in [0.25, 0.3) is 0 Å². The molecule has 0 saturated carbocycles. The third kappa shape index (κ3) is 2.96. The van der Waals surface area contributed by atoms with Gasteiger partial charge in [0.1, 0.15) is 5.76 Å². The molecule has 0 radical (unpaired) electrons. The predicted octanol–water partition coefficient (Wildman–Crippen LogP) is 3.20. The minimum absolute atomic E-state index is 0.314. The van der Waals surface area contributed by atoms with E-state index in [-0.39, 0.29) is 0 Å². The number of anilines is 1. The van der Waals surface area contributed by atoms with Crippen LogP contribution in [0.4, 0.5) is 5.69 Å². The van der Waals surface area contributed by atoms with Gasteiger partial charge in [0, 0.05) is 5.69 Å². The summed E-state index contributed by atoms with van der Waals surface area (Å²) in [7, 11) is 0. The lowest BCUT2D eigenvalue weighted by atomic mass is 10.2. The first-order valence-corrected chi connectivity index (χ1v) is 7.02. The lowest BCUT2D eigenvalue weighted by Crippen LogP contribution is -2.07. The van der Waals surface area contributed by atoms with Crippen molar-refractivity contribution in [2.75, 3.05) is 12.3 Å². The van der Waals surface area contributed by atoms with Gasteiger partial charge in [-0.1, -0.05) is 6.07 Å². The summed E-state index contributed by atoms with van der Waals surface area (Å²) in [5, 5.41) is 0.462. The molecule has 2 N–H and O–H groups in total. The number of hydrogen-bond acceptors (Lipinski definition) is 6. The molecular formula is C14H16N2O3S. The van der Waals surface area contributed by atoms with E-state index in [2.05, 4.69) is 4.98 Å². The molecular weight excluding hydrogens is 276 g/mol. The van der Waals surface area contributed by atoms with Crippen LogP contribution in [-0.2, 0) is 4.74 Å². The van der Waals surface area contributed by atoms with E-state index >= 15 is 0 Å². The Hall–Kier alpha value is -1.95. The van der Waals surface area contributed by atoms with Crippen molar-refractivity contribution in [3.63, 3.8) is 0 Å². The fourth-order valence-electron chi connectivity index (χ4n) is 1.61. The van der Waals surface area contributed by atoms with Crippen LogP contribution in [-0.4, -0.2) is 17.6 Å². The molecule has 1 aromatic carbocycles. The van der Waals surface area contributed by atoms with Crippen LogP contribution in [0, 0.1) is 13.8 Å². The Bertz CT molecular complexity index is 618. The van der Waals surface area contributed by atoms with Crippen molar-refractivity contribution in [3.05, 3.63) is 35.2 Å². The number of nitrogens with two attached hydrogens (primary N) is 1. The molecule has 0 amide bonds. The van der Waals surface area contributed by atoms with E-state index in [9.17, 15) is 4.79 Å². The molecule has 0 unspecified atom stereocenters. The zero-order valence-corrected chi connectivity index (χ0v) is 12.4. The Labute approximate surface area is 121 Å². The smallest absolute Gasteiger partial charge is 0.339 e. The Balaban J connectivity index is 2.37. The predicted molar refractivity (Wildman–Crippen MR) is 76.9 cm³/mol. The maximum atomic E-state index is 11.9. The normalized spacial score (nSPS) is 10.6. The first kappa shape index (κ1) is 14.5. The number of carbonyl (C=O) groups is 1. The highest BCUT2D eigenvalue weighted by molar-refractivity contribution is 7.99. The summed E-state index contributed by atoms with van der Waals surface area (Å²) in [6.07, 6.45) is 0. The third-order valence-corrected chi connectivity index (χ3v) is 3.75. The molecule has 0 atom stereocenters. The van der Waals surface area contributed by atoms with Crippen LogP contribution < -0.4 is 5.73 Å². The van der Waals surface area contributed by atoms with Crippen LogP contribution in [0.15, 0.2) is 32.7 Å². The van der Waals surface area contributed by atoms with Gasteiger partial charge in [-0.05, 0) is 44.7 Å². The van der Waals surface area contributed by atoms with E-state index in [1.165, 1.54) is 11.8 Å². The molecule has 20 heavy (non-hydrogen) atoms. The van der Waals surface area contributed by atoms with E-state index < -0.39 is 5.97 Å². The Morgan fingerprint density at radius 1 is 1.45 bits per heavy atom. The summed E-state index contributed by atoms with van der Waals surface area (Å²) >= 11 is 1.23. The van der Waals surface area contributed by atoms with Crippen molar-refractivity contribution in [2.24, 2.45) is 0 Å². The Morgan fingerprint density at radius 2 is 2.20 bits per heavy atom. The highest BCUT2D eigenvalue weighted by Crippen LogP contribution is 2.35. The molecule has 1 heterocycles. The van der Waals surface area contributed by atoms with Gasteiger partial charge >= 0.3 is 5.97 Å². The van der Waals surface area contributed by atoms with Gasteiger partial charge in [0.15, 0.2) is 0 Å². The van der Waals surface area contributed by atoms with Crippen LogP contribution in [0.3, 0.4) is 0 Å². The highest BCUT2D eigenvalue weighted by atomic mass is 32.2. The molecule has 5 nitrogen and oxygen atoms in total. The van der Waals surface area contributed by atoms with Crippen molar-refractivity contribution in [3.8, 4) is 0 Å². The molecule has 0 aliphatic carbocycles. The van der Waals surface area contributed by atoms with E-state index in [1.54, 1.807) is 25.1 Å². The van der Waals surface area contributed by atoms with E-state index in [0.717, 1.165) is 11.5 Å². The fraction of sp³-hybridized carbons (Fsp3) is 0.286. The summed E-state index contributed by atoms with van der Waals surface area (Å²) in [4.78, 5) is 16.8. The second kappa shape index (κ2) is 6.00. The standard InChI is InChI=1S/C14H16N2O3S/c1-4-18-13(17)10-6-5-7-11(15)12(10)20-14-16-8(2)9(3)19-14/h5-7H,4,15H2,1-3H3. The zero-order chi connectivity index (χ0) is 14.7. The highest BCUT2D eigenvalue weighted by Gasteiger charge is 2.18. The number of ether oxygens (including phenoxy) is 1. The molecule has 6 heteroatoms. The van der Waals surface area contributed by atoms with Crippen molar-refractivity contribution in [1.29, 1.82) is 0 Å². The van der Waals surface area contributed by atoms with Gasteiger partial charge in [-0.25, -0.2) is 9.78 Å². The van der Waals surface area contributed by atoms with Gasteiger partial charge in [-0.2, -0.15) is 0 Å². The number of benzene rings is 1. The van der Waals surface area contributed by atoms with Crippen LogP contribution >= 0.6 is 11.8 Å². The maximum absolute atomic E-state index is 11.9. The molecule has 0 aliphatic heterocycles. The van der Waals surface area contributed by atoms with Gasteiger partial charge in [-0.15, -0.1) is 0 Å². The van der Waals surface area contributed by atoms with Gasteiger partial charge in [0.05, 0.1) is 22.8 Å².